The Kier molecular flexibility index (Phi) is 8.13. The quantitative estimate of drug-likeness (QED) is 0.489. The normalized spacial score (nSPS) is 12.0. The van der Waals surface area contributed by atoms with Gasteiger partial charge >= 0.3 is 5.97 Å². The first-order chi connectivity index (χ1) is 13.5. The van der Waals surface area contributed by atoms with Crippen LogP contribution in [0.3, 0.4) is 0 Å². The molecule has 9 heteroatoms. The van der Waals surface area contributed by atoms with Crippen molar-refractivity contribution in [3.63, 3.8) is 0 Å². The molecular weight excluding hydrogens is 362 g/mol. The number of hydrogen-bond donors (Lipinski definition) is 1. The van der Waals surface area contributed by atoms with Crippen LogP contribution in [0.15, 0.2) is 30.3 Å². The summed E-state index contributed by atoms with van der Waals surface area (Å²) in [7, 11) is 1.59. The van der Waals surface area contributed by atoms with Crippen molar-refractivity contribution >= 4 is 18.0 Å². The van der Waals surface area contributed by atoms with E-state index in [2.05, 4.69) is 27.8 Å². The summed E-state index contributed by atoms with van der Waals surface area (Å²) < 4.78 is 11.9. The van der Waals surface area contributed by atoms with Gasteiger partial charge in [0, 0.05) is 12.6 Å². The number of tetrazole rings is 1. The van der Waals surface area contributed by atoms with Gasteiger partial charge in [-0.3, -0.25) is 4.79 Å². The lowest BCUT2D eigenvalue weighted by molar-refractivity contribution is -0.148. The number of amides is 1. The minimum absolute atomic E-state index is 0.0442. The standard InChI is InChI=1S/C19H25N5O4/c1-4-5-12-24-17(21-22-23-24)13-28-19(26)14(2)20-18(25)11-8-15-6-9-16(27-3)10-7-15/h6-11,14H,4-5,12-13H2,1-3H3,(H,20,25)/b11-8+/t14-/m0/s1. The Morgan fingerprint density at radius 2 is 2.04 bits per heavy atom. The average molecular weight is 387 g/mol. The fraction of sp³-hybridized carbons (Fsp3) is 0.421. The van der Waals surface area contributed by atoms with Crippen LogP contribution in [0.2, 0.25) is 0 Å². The molecule has 9 nitrogen and oxygen atoms in total. The van der Waals surface area contributed by atoms with Gasteiger partial charge in [-0.05, 0) is 47.5 Å². The fourth-order valence-electron chi connectivity index (χ4n) is 2.28. The minimum atomic E-state index is -0.798. The molecule has 150 valence electrons. The van der Waals surface area contributed by atoms with E-state index in [4.69, 9.17) is 9.47 Å². The van der Waals surface area contributed by atoms with Gasteiger partial charge in [-0.2, -0.15) is 0 Å². The van der Waals surface area contributed by atoms with Crippen LogP contribution in [0.1, 0.15) is 38.1 Å². The zero-order valence-corrected chi connectivity index (χ0v) is 16.3. The molecular formula is C19H25N5O4. The molecule has 0 bridgehead atoms. The molecule has 2 rings (SSSR count). The maximum Gasteiger partial charge on any atom is 0.328 e. The molecule has 1 N–H and O–H groups in total. The van der Waals surface area contributed by atoms with Gasteiger partial charge in [-0.1, -0.05) is 25.5 Å². The molecule has 0 aliphatic rings. The number of carbonyl (C=O) groups is 2. The molecule has 0 unspecified atom stereocenters. The first-order valence-electron chi connectivity index (χ1n) is 9.07. The number of hydrogen-bond acceptors (Lipinski definition) is 7. The lowest BCUT2D eigenvalue weighted by atomic mass is 10.2. The van der Waals surface area contributed by atoms with Crippen molar-refractivity contribution < 1.29 is 19.1 Å². The maximum absolute atomic E-state index is 12.1. The molecule has 1 atom stereocenters. The van der Waals surface area contributed by atoms with Crippen molar-refractivity contribution in [2.45, 2.75) is 45.9 Å². The summed E-state index contributed by atoms with van der Waals surface area (Å²) in [6, 6.07) is 6.44. The second-order valence-corrected chi connectivity index (χ2v) is 6.12. The Balaban J connectivity index is 1.80. The Bertz CT molecular complexity index is 801. The number of methoxy groups -OCH3 is 1. The summed E-state index contributed by atoms with van der Waals surface area (Å²) in [4.78, 5) is 24.1. The van der Waals surface area contributed by atoms with E-state index in [1.54, 1.807) is 36.9 Å². The molecule has 0 aliphatic carbocycles. The Morgan fingerprint density at radius 1 is 1.29 bits per heavy atom. The van der Waals surface area contributed by atoms with Crippen LogP contribution >= 0.6 is 0 Å². The molecule has 2 aromatic rings. The molecule has 0 aliphatic heterocycles. The highest BCUT2D eigenvalue weighted by Crippen LogP contribution is 2.12. The molecule has 0 saturated heterocycles. The van der Waals surface area contributed by atoms with Crippen LogP contribution in [-0.4, -0.2) is 45.2 Å². The number of nitrogens with one attached hydrogen (secondary N) is 1. The van der Waals surface area contributed by atoms with Gasteiger partial charge in [-0.15, -0.1) is 5.10 Å². The number of aryl methyl sites for hydroxylation is 1. The first-order valence-corrected chi connectivity index (χ1v) is 9.07. The summed E-state index contributed by atoms with van der Waals surface area (Å²) in [6.07, 6.45) is 4.94. The van der Waals surface area contributed by atoms with Gasteiger partial charge in [-0.25, -0.2) is 9.48 Å². The minimum Gasteiger partial charge on any atom is -0.497 e. The number of carbonyl (C=O) groups excluding carboxylic acids is 2. The van der Waals surface area contributed by atoms with Gasteiger partial charge in [0.05, 0.1) is 7.11 Å². The second-order valence-electron chi connectivity index (χ2n) is 6.12. The Hall–Kier alpha value is -3.23. The van der Waals surface area contributed by atoms with Crippen molar-refractivity contribution in [2.24, 2.45) is 0 Å². The van der Waals surface area contributed by atoms with Crippen LogP contribution in [0.4, 0.5) is 0 Å². The molecule has 0 spiro atoms. The zero-order chi connectivity index (χ0) is 20.4. The first kappa shape index (κ1) is 21.1. The number of esters is 1. The Labute approximate surface area is 163 Å². The number of nitrogens with zero attached hydrogens (tertiary/aromatic N) is 4. The SMILES string of the molecule is CCCCn1nnnc1COC(=O)[C@H](C)NC(=O)/C=C/c1ccc(OC)cc1. The third-order valence-corrected chi connectivity index (χ3v) is 3.93. The van der Waals surface area contributed by atoms with Gasteiger partial charge in [0.25, 0.3) is 0 Å². The van der Waals surface area contributed by atoms with E-state index in [9.17, 15) is 9.59 Å². The highest BCUT2D eigenvalue weighted by atomic mass is 16.5. The third kappa shape index (κ3) is 6.49. The van der Waals surface area contributed by atoms with Crippen LogP contribution < -0.4 is 10.1 Å². The Morgan fingerprint density at radius 3 is 2.71 bits per heavy atom. The van der Waals surface area contributed by atoms with E-state index in [0.717, 1.165) is 24.2 Å². The van der Waals surface area contributed by atoms with Gasteiger partial charge < -0.3 is 14.8 Å². The maximum atomic E-state index is 12.1. The topological polar surface area (TPSA) is 108 Å². The molecule has 1 aromatic carbocycles. The molecule has 1 aromatic heterocycles. The van der Waals surface area contributed by atoms with E-state index in [0.29, 0.717) is 12.4 Å². The largest absolute Gasteiger partial charge is 0.497 e. The van der Waals surface area contributed by atoms with Crippen LogP contribution in [0.25, 0.3) is 6.08 Å². The molecule has 0 saturated carbocycles. The summed E-state index contributed by atoms with van der Waals surface area (Å²) >= 11 is 0. The van der Waals surface area contributed by atoms with Crippen molar-refractivity contribution in [1.82, 2.24) is 25.5 Å². The lowest BCUT2D eigenvalue weighted by Gasteiger charge is -2.12. The summed E-state index contributed by atoms with van der Waals surface area (Å²) in [5.74, 6) is 0.253. The van der Waals surface area contributed by atoms with Crippen molar-refractivity contribution in [3.05, 3.63) is 41.7 Å². The van der Waals surface area contributed by atoms with Gasteiger partial charge in [0.1, 0.15) is 11.8 Å². The van der Waals surface area contributed by atoms with Crippen molar-refractivity contribution in [3.8, 4) is 5.75 Å². The van der Waals surface area contributed by atoms with Crippen LogP contribution in [0, 0.1) is 0 Å². The van der Waals surface area contributed by atoms with E-state index < -0.39 is 17.9 Å². The summed E-state index contributed by atoms with van der Waals surface area (Å²) in [5.41, 5.74) is 0.838. The smallest absolute Gasteiger partial charge is 0.328 e. The van der Waals surface area contributed by atoms with E-state index in [-0.39, 0.29) is 6.61 Å². The number of benzene rings is 1. The van der Waals surface area contributed by atoms with Crippen molar-refractivity contribution in [1.29, 1.82) is 0 Å². The zero-order valence-electron chi connectivity index (χ0n) is 16.3. The molecule has 0 radical (unpaired) electrons. The van der Waals surface area contributed by atoms with Crippen molar-refractivity contribution in [2.75, 3.05) is 7.11 Å². The second kappa shape index (κ2) is 10.8. The molecule has 1 amide bonds. The molecule has 1 heterocycles. The van der Waals surface area contributed by atoms with Crippen LogP contribution in [0.5, 0.6) is 5.75 Å². The predicted molar refractivity (Wildman–Crippen MR) is 102 cm³/mol. The average Bonchev–Trinajstić information content (AvgIpc) is 3.16. The van der Waals surface area contributed by atoms with E-state index >= 15 is 0 Å². The number of aromatic nitrogens is 4. The highest BCUT2D eigenvalue weighted by Gasteiger charge is 2.17. The number of ether oxygens (including phenoxy) is 2. The third-order valence-electron chi connectivity index (χ3n) is 3.93. The number of unbranched alkanes of at least 4 members (excludes halogenated alkanes) is 1. The lowest BCUT2D eigenvalue weighted by Crippen LogP contribution is -2.38. The van der Waals surface area contributed by atoms with Crippen LogP contribution in [-0.2, 0) is 27.5 Å². The van der Waals surface area contributed by atoms with Gasteiger partial charge in [0.15, 0.2) is 12.4 Å². The summed E-state index contributed by atoms with van der Waals surface area (Å²) in [6.45, 7) is 4.25. The monoisotopic (exact) mass is 387 g/mol. The van der Waals surface area contributed by atoms with Gasteiger partial charge in [0.2, 0.25) is 5.91 Å². The highest BCUT2D eigenvalue weighted by molar-refractivity contribution is 5.94. The van der Waals surface area contributed by atoms with E-state index in [1.165, 1.54) is 6.08 Å². The molecule has 28 heavy (non-hydrogen) atoms. The summed E-state index contributed by atoms with van der Waals surface area (Å²) in [5, 5.41) is 13.9. The fourth-order valence-corrected chi connectivity index (χ4v) is 2.28. The number of rotatable bonds is 10. The van der Waals surface area contributed by atoms with E-state index in [1.807, 2.05) is 12.1 Å². The molecule has 0 fully saturated rings. The predicted octanol–water partition coefficient (Wildman–Crippen LogP) is 1.74.